The summed E-state index contributed by atoms with van der Waals surface area (Å²) in [6.07, 6.45) is 6.21. The molecule has 0 saturated carbocycles. The number of hydrogen-bond donors (Lipinski definition) is 1. The molecule has 2 fully saturated rings. The van der Waals surface area contributed by atoms with Gasteiger partial charge in [-0.3, -0.25) is 4.99 Å². The van der Waals surface area contributed by atoms with Crippen molar-refractivity contribution in [2.24, 2.45) is 16.6 Å². The number of hydrogen-bond acceptors (Lipinski definition) is 4. The first kappa shape index (κ1) is 21.9. The minimum absolute atomic E-state index is 0. The summed E-state index contributed by atoms with van der Waals surface area (Å²) in [4.78, 5) is 9.35. The molecule has 2 aliphatic heterocycles. The van der Waals surface area contributed by atoms with E-state index in [1.54, 1.807) is 14.2 Å². The standard InChI is InChI=1S/C20H32N4O2.HI/c1-25-18-11-17(12-19(13-18)26-2)24-10-7-16(15-24)14-22-20(21)23-8-5-3-4-6-9-23;/h11-13,16H,3-10,14-15H2,1-2H3,(H2,21,22);1H. The molecule has 1 unspecified atom stereocenters. The zero-order chi connectivity index (χ0) is 18.4. The van der Waals surface area contributed by atoms with Gasteiger partial charge in [-0.15, -0.1) is 24.0 Å². The number of rotatable bonds is 5. The number of benzene rings is 1. The molecule has 2 aliphatic rings. The molecule has 2 N–H and O–H groups in total. The van der Waals surface area contributed by atoms with Crippen LogP contribution in [0.3, 0.4) is 0 Å². The van der Waals surface area contributed by atoms with Crippen LogP contribution in [-0.4, -0.2) is 57.8 Å². The van der Waals surface area contributed by atoms with Crippen LogP contribution in [0.25, 0.3) is 0 Å². The minimum Gasteiger partial charge on any atom is -0.497 e. The van der Waals surface area contributed by atoms with E-state index in [0.717, 1.165) is 62.3 Å². The van der Waals surface area contributed by atoms with Gasteiger partial charge in [0.25, 0.3) is 0 Å². The lowest BCUT2D eigenvalue weighted by Gasteiger charge is -2.22. The SMILES string of the molecule is COc1cc(OC)cc(N2CCC(CN=C(N)N3CCCCCC3)C2)c1.I. The Kier molecular flexibility index (Phi) is 8.79. The molecule has 27 heavy (non-hydrogen) atoms. The van der Waals surface area contributed by atoms with Gasteiger partial charge in [-0.25, -0.2) is 0 Å². The summed E-state index contributed by atoms with van der Waals surface area (Å²) < 4.78 is 10.8. The number of aliphatic imine (C=N–C) groups is 1. The van der Waals surface area contributed by atoms with Crippen LogP contribution in [0.5, 0.6) is 11.5 Å². The quantitative estimate of drug-likeness (QED) is 0.392. The fourth-order valence-electron chi connectivity index (χ4n) is 3.81. The highest BCUT2D eigenvalue weighted by Gasteiger charge is 2.23. The monoisotopic (exact) mass is 488 g/mol. The van der Waals surface area contributed by atoms with Gasteiger partial charge in [-0.1, -0.05) is 12.8 Å². The highest BCUT2D eigenvalue weighted by atomic mass is 127. The number of nitrogens with two attached hydrogens (primary N) is 1. The maximum absolute atomic E-state index is 6.25. The molecule has 7 heteroatoms. The maximum atomic E-state index is 6.25. The topological polar surface area (TPSA) is 63.3 Å². The molecular weight excluding hydrogens is 455 g/mol. The number of halogens is 1. The number of ether oxygens (including phenoxy) is 2. The average molecular weight is 488 g/mol. The Morgan fingerprint density at radius 1 is 1.04 bits per heavy atom. The summed E-state index contributed by atoms with van der Waals surface area (Å²) in [5.74, 6) is 2.92. The third-order valence-electron chi connectivity index (χ3n) is 5.43. The first-order chi connectivity index (χ1) is 12.7. The predicted octanol–water partition coefficient (Wildman–Crippen LogP) is 3.34. The van der Waals surface area contributed by atoms with Crippen LogP contribution in [0.15, 0.2) is 23.2 Å². The van der Waals surface area contributed by atoms with E-state index in [0.29, 0.717) is 5.92 Å². The Morgan fingerprint density at radius 2 is 1.67 bits per heavy atom. The van der Waals surface area contributed by atoms with E-state index < -0.39 is 0 Å². The van der Waals surface area contributed by atoms with Crippen LogP contribution in [0.4, 0.5) is 5.69 Å². The van der Waals surface area contributed by atoms with Crippen molar-refractivity contribution in [3.05, 3.63) is 18.2 Å². The number of anilines is 1. The second-order valence-corrected chi connectivity index (χ2v) is 7.27. The van der Waals surface area contributed by atoms with E-state index in [-0.39, 0.29) is 24.0 Å². The number of guanidine groups is 1. The van der Waals surface area contributed by atoms with Gasteiger partial charge in [0.05, 0.1) is 14.2 Å². The summed E-state index contributed by atoms with van der Waals surface area (Å²) >= 11 is 0. The second-order valence-electron chi connectivity index (χ2n) is 7.27. The van der Waals surface area contributed by atoms with Gasteiger partial charge < -0.3 is 25.0 Å². The van der Waals surface area contributed by atoms with Crippen molar-refractivity contribution < 1.29 is 9.47 Å². The summed E-state index contributed by atoms with van der Waals surface area (Å²) in [7, 11) is 3.37. The minimum atomic E-state index is 0. The molecule has 6 nitrogen and oxygen atoms in total. The van der Waals surface area contributed by atoms with Crippen LogP contribution >= 0.6 is 24.0 Å². The van der Waals surface area contributed by atoms with Crippen LogP contribution in [0.2, 0.25) is 0 Å². The van der Waals surface area contributed by atoms with Gasteiger partial charge in [0.1, 0.15) is 11.5 Å². The number of methoxy groups -OCH3 is 2. The molecule has 0 amide bonds. The average Bonchev–Trinajstić information content (AvgIpc) is 2.98. The van der Waals surface area contributed by atoms with Crippen LogP contribution in [0.1, 0.15) is 32.1 Å². The zero-order valence-corrected chi connectivity index (χ0v) is 18.9. The predicted molar refractivity (Wildman–Crippen MR) is 122 cm³/mol. The van der Waals surface area contributed by atoms with Gasteiger partial charge >= 0.3 is 0 Å². The molecular formula is C20H33IN4O2. The molecule has 3 rings (SSSR count). The number of nitrogens with zero attached hydrogens (tertiary/aromatic N) is 3. The van der Waals surface area contributed by atoms with Crippen LogP contribution < -0.4 is 20.1 Å². The first-order valence-corrected chi connectivity index (χ1v) is 9.72. The molecule has 152 valence electrons. The van der Waals surface area contributed by atoms with E-state index in [9.17, 15) is 0 Å². The van der Waals surface area contributed by atoms with Crippen molar-refractivity contribution in [2.45, 2.75) is 32.1 Å². The Labute approximate surface area is 180 Å². The van der Waals surface area contributed by atoms with Crippen molar-refractivity contribution in [3.8, 4) is 11.5 Å². The molecule has 0 radical (unpaired) electrons. The largest absolute Gasteiger partial charge is 0.497 e. The Balaban J connectivity index is 0.00000261. The summed E-state index contributed by atoms with van der Waals surface area (Å²) in [5.41, 5.74) is 7.39. The van der Waals surface area contributed by atoms with Gasteiger partial charge in [0.2, 0.25) is 0 Å². The van der Waals surface area contributed by atoms with Crippen LogP contribution in [-0.2, 0) is 0 Å². The second kappa shape index (κ2) is 10.8. The fraction of sp³-hybridized carbons (Fsp3) is 0.650. The summed E-state index contributed by atoms with van der Waals surface area (Å²) in [5, 5.41) is 0. The molecule has 1 aromatic rings. The van der Waals surface area contributed by atoms with Crippen molar-refractivity contribution >= 4 is 35.6 Å². The lowest BCUT2D eigenvalue weighted by molar-refractivity contribution is 0.394. The highest BCUT2D eigenvalue weighted by Crippen LogP contribution is 2.31. The summed E-state index contributed by atoms with van der Waals surface area (Å²) in [6, 6.07) is 6.04. The fourth-order valence-corrected chi connectivity index (χ4v) is 3.81. The Bertz CT molecular complexity index is 596. The van der Waals surface area contributed by atoms with Gasteiger partial charge in [0, 0.05) is 56.6 Å². The van der Waals surface area contributed by atoms with E-state index in [1.807, 2.05) is 6.07 Å². The van der Waals surface area contributed by atoms with Gasteiger partial charge in [-0.2, -0.15) is 0 Å². The molecule has 2 saturated heterocycles. The smallest absolute Gasteiger partial charge is 0.191 e. The molecule has 2 heterocycles. The Hall–Kier alpha value is -1.38. The van der Waals surface area contributed by atoms with Crippen molar-refractivity contribution in [3.63, 3.8) is 0 Å². The third kappa shape index (κ3) is 6.05. The number of likely N-dealkylation sites (tertiary alicyclic amines) is 1. The molecule has 0 aromatic heterocycles. The highest BCUT2D eigenvalue weighted by molar-refractivity contribution is 14.0. The maximum Gasteiger partial charge on any atom is 0.191 e. The lowest BCUT2D eigenvalue weighted by Crippen LogP contribution is -2.38. The normalized spacial score (nSPS) is 20.8. The lowest BCUT2D eigenvalue weighted by atomic mass is 10.1. The summed E-state index contributed by atoms with van der Waals surface area (Å²) in [6.45, 7) is 4.93. The molecule has 0 bridgehead atoms. The molecule has 1 atom stereocenters. The van der Waals surface area contributed by atoms with E-state index in [2.05, 4.69) is 21.9 Å². The van der Waals surface area contributed by atoms with E-state index in [4.69, 9.17) is 20.2 Å². The van der Waals surface area contributed by atoms with Crippen LogP contribution in [0, 0.1) is 5.92 Å². The van der Waals surface area contributed by atoms with Crippen molar-refractivity contribution in [1.82, 2.24) is 4.90 Å². The first-order valence-electron chi connectivity index (χ1n) is 9.72. The zero-order valence-electron chi connectivity index (χ0n) is 16.5. The van der Waals surface area contributed by atoms with Crippen molar-refractivity contribution in [1.29, 1.82) is 0 Å². The molecule has 0 spiro atoms. The van der Waals surface area contributed by atoms with E-state index in [1.165, 1.54) is 25.7 Å². The van der Waals surface area contributed by atoms with Crippen molar-refractivity contribution in [2.75, 3.05) is 51.8 Å². The Morgan fingerprint density at radius 3 is 2.26 bits per heavy atom. The molecule has 1 aromatic carbocycles. The third-order valence-corrected chi connectivity index (χ3v) is 5.43. The van der Waals surface area contributed by atoms with E-state index >= 15 is 0 Å². The van der Waals surface area contributed by atoms with Gasteiger partial charge in [0.15, 0.2) is 5.96 Å². The van der Waals surface area contributed by atoms with Gasteiger partial charge in [-0.05, 0) is 25.2 Å². The molecule has 0 aliphatic carbocycles.